The van der Waals surface area contributed by atoms with Crippen LogP contribution in [0.4, 0.5) is 0 Å². The van der Waals surface area contributed by atoms with Gasteiger partial charge in [0.25, 0.3) is 5.56 Å². The number of likely N-dealkylation sites (tertiary alicyclic amines) is 1. The van der Waals surface area contributed by atoms with E-state index in [4.69, 9.17) is 16.3 Å². The molecule has 0 saturated carbocycles. The van der Waals surface area contributed by atoms with Gasteiger partial charge < -0.3 is 9.30 Å². The number of carbonyl (C=O) groups excluding carboxylic acids is 1. The number of esters is 1. The lowest BCUT2D eigenvalue weighted by atomic mass is 10.0. The second-order valence-electron chi connectivity index (χ2n) is 9.11. The molecular weight excluding hydrogens is 424 g/mol. The molecule has 3 rings (SSSR count). The third-order valence-electron chi connectivity index (χ3n) is 6.42. The average molecular weight is 459 g/mol. The molecule has 1 fully saturated rings. The molecule has 1 aliphatic heterocycles. The second-order valence-corrected chi connectivity index (χ2v) is 9.52. The molecule has 1 aliphatic rings. The second kappa shape index (κ2) is 11.2. The lowest BCUT2D eigenvalue weighted by molar-refractivity contribution is 0.0600. The molecule has 5 nitrogen and oxygen atoms in total. The number of carbonyl (C=O) groups is 1. The Morgan fingerprint density at radius 2 is 1.97 bits per heavy atom. The number of benzene rings is 1. The van der Waals surface area contributed by atoms with E-state index in [1.165, 1.54) is 26.4 Å². The van der Waals surface area contributed by atoms with Crippen LogP contribution in [0.25, 0.3) is 0 Å². The van der Waals surface area contributed by atoms with Crippen LogP contribution in [0.3, 0.4) is 0 Å². The van der Waals surface area contributed by atoms with Crippen molar-refractivity contribution in [3.05, 3.63) is 68.1 Å². The van der Waals surface area contributed by atoms with Crippen LogP contribution >= 0.6 is 11.6 Å². The van der Waals surface area contributed by atoms with Gasteiger partial charge in [0.05, 0.1) is 12.7 Å². The van der Waals surface area contributed by atoms with E-state index in [0.717, 1.165) is 36.3 Å². The Hall–Kier alpha value is -2.11. The number of methoxy groups -OCH3 is 1. The highest BCUT2D eigenvalue weighted by Gasteiger charge is 2.27. The van der Waals surface area contributed by atoms with Crippen molar-refractivity contribution in [1.29, 1.82) is 0 Å². The number of nitrogens with zero attached hydrogens (tertiary/aromatic N) is 2. The van der Waals surface area contributed by atoms with Gasteiger partial charge in [-0.2, -0.15) is 0 Å². The molecule has 174 valence electrons. The molecule has 1 aromatic heterocycles. The molecule has 0 spiro atoms. The number of aryl methyl sites for hydroxylation is 2. The summed E-state index contributed by atoms with van der Waals surface area (Å²) in [6, 6.07) is 9.80. The number of halogens is 1. The van der Waals surface area contributed by atoms with Crippen molar-refractivity contribution in [2.24, 2.45) is 5.92 Å². The van der Waals surface area contributed by atoms with Crippen LogP contribution in [0, 0.1) is 5.92 Å². The van der Waals surface area contributed by atoms with Crippen LogP contribution in [-0.2, 0) is 30.7 Å². The smallest absolute Gasteiger partial charge is 0.337 e. The highest BCUT2D eigenvalue weighted by atomic mass is 35.5. The van der Waals surface area contributed by atoms with Crippen LogP contribution < -0.4 is 5.56 Å². The summed E-state index contributed by atoms with van der Waals surface area (Å²) in [4.78, 5) is 27.3. The van der Waals surface area contributed by atoms with Gasteiger partial charge in [-0.05, 0) is 73.9 Å². The Morgan fingerprint density at radius 1 is 1.25 bits per heavy atom. The number of hydrogen-bond donors (Lipinski definition) is 0. The summed E-state index contributed by atoms with van der Waals surface area (Å²) >= 11 is 6.34. The first-order chi connectivity index (χ1) is 15.3. The first-order valence-corrected chi connectivity index (χ1v) is 12.0. The maximum Gasteiger partial charge on any atom is 0.337 e. The van der Waals surface area contributed by atoms with Crippen molar-refractivity contribution in [1.82, 2.24) is 9.47 Å². The fourth-order valence-electron chi connectivity index (χ4n) is 4.73. The standard InChI is InChI=1S/C26H35ClN2O3/c1-5-20-16-23(27)25(30)29(14-12-19-8-10-21(11-9-19)26(31)32-4)24(20)17-28-13-6-7-22(28)15-18(2)3/h8-11,16,18,22H,5-7,12-15,17H2,1-4H3/t22-/m1/s1. The van der Waals surface area contributed by atoms with Crippen LogP contribution in [0.15, 0.2) is 35.1 Å². The summed E-state index contributed by atoms with van der Waals surface area (Å²) in [5, 5.41) is 0.284. The number of rotatable bonds is 9. The van der Waals surface area contributed by atoms with E-state index in [9.17, 15) is 9.59 Å². The van der Waals surface area contributed by atoms with Crippen molar-refractivity contribution in [3.63, 3.8) is 0 Å². The highest BCUT2D eigenvalue weighted by molar-refractivity contribution is 6.30. The van der Waals surface area contributed by atoms with E-state index < -0.39 is 0 Å². The molecule has 0 radical (unpaired) electrons. The average Bonchev–Trinajstić information content (AvgIpc) is 3.21. The molecule has 0 aliphatic carbocycles. The normalized spacial score (nSPS) is 16.6. The van der Waals surface area contributed by atoms with Gasteiger partial charge >= 0.3 is 5.97 Å². The van der Waals surface area contributed by atoms with E-state index in [-0.39, 0.29) is 16.6 Å². The van der Waals surface area contributed by atoms with Crippen molar-refractivity contribution >= 4 is 17.6 Å². The van der Waals surface area contributed by atoms with E-state index in [1.54, 1.807) is 12.1 Å². The lowest BCUT2D eigenvalue weighted by Gasteiger charge is -2.28. The molecule has 1 atom stereocenters. The minimum atomic E-state index is -0.348. The Morgan fingerprint density at radius 3 is 2.59 bits per heavy atom. The fraction of sp³-hybridized carbons (Fsp3) is 0.538. The fourth-order valence-corrected chi connectivity index (χ4v) is 4.96. The van der Waals surface area contributed by atoms with E-state index in [0.29, 0.717) is 30.5 Å². The zero-order valence-electron chi connectivity index (χ0n) is 19.7. The quantitative estimate of drug-likeness (QED) is 0.490. The first kappa shape index (κ1) is 24.5. The Balaban J connectivity index is 1.85. The largest absolute Gasteiger partial charge is 0.465 e. The summed E-state index contributed by atoms with van der Waals surface area (Å²) in [5.41, 5.74) is 3.70. The zero-order valence-corrected chi connectivity index (χ0v) is 20.5. The molecule has 0 N–H and O–H groups in total. The van der Waals surface area contributed by atoms with Gasteiger partial charge in [-0.25, -0.2) is 4.79 Å². The van der Waals surface area contributed by atoms with Gasteiger partial charge in [0.15, 0.2) is 0 Å². The molecule has 2 heterocycles. The highest BCUT2D eigenvalue weighted by Crippen LogP contribution is 2.26. The van der Waals surface area contributed by atoms with Gasteiger partial charge in [-0.1, -0.05) is 44.5 Å². The SMILES string of the molecule is CCc1cc(Cl)c(=O)n(CCc2ccc(C(=O)OC)cc2)c1CN1CCC[C@@H]1CC(C)C. The summed E-state index contributed by atoms with van der Waals surface area (Å²) in [5.74, 6) is 0.311. The van der Waals surface area contributed by atoms with Gasteiger partial charge in [-0.3, -0.25) is 9.69 Å². The molecule has 1 saturated heterocycles. The molecule has 32 heavy (non-hydrogen) atoms. The lowest BCUT2D eigenvalue weighted by Crippen LogP contribution is -2.35. The van der Waals surface area contributed by atoms with Gasteiger partial charge in [0.1, 0.15) is 5.02 Å². The summed E-state index contributed by atoms with van der Waals surface area (Å²) < 4.78 is 6.64. The predicted molar refractivity (Wildman–Crippen MR) is 129 cm³/mol. The van der Waals surface area contributed by atoms with E-state index in [2.05, 4.69) is 25.7 Å². The van der Waals surface area contributed by atoms with Crippen LogP contribution in [0.2, 0.25) is 5.02 Å². The van der Waals surface area contributed by atoms with Crippen LogP contribution in [0.5, 0.6) is 0 Å². The number of ether oxygens (including phenoxy) is 1. The topological polar surface area (TPSA) is 51.5 Å². The molecule has 2 aromatic rings. The molecule has 0 bridgehead atoms. The maximum absolute atomic E-state index is 13.0. The van der Waals surface area contributed by atoms with Gasteiger partial charge in [0.2, 0.25) is 0 Å². The van der Waals surface area contributed by atoms with Gasteiger partial charge in [0, 0.05) is 24.8 Å². The van der Waals surface area contributed by atoms with E-state index in [1.807, 2.05) is 22.8 Å². The minimum Gasteiger partial charge on any atom is -0.465 e. The summed E-state index contributed by atoms with van der Waals surface area (Å²) in [6.07, 6.45) is 5.15. The van der Waals surface area contributed by atoms with Crippen molar-refractivity contribution < 1.29 is 9.53 Å². The Bertz CT molecular complexity index is 982. The van der Waals surface area contributed by atoms with Crippen LogP contribution in [0.1, 0.15) is 67.2 Å². The number of hydrogen-bond acceptors (Lipinski definition) is 4. The molecule has 1 aromatic carbocycles. The molecule has 0 amide bonds. The maximum atomic E-state index is 13.0. The third-order valence-corrected chi connectivity index (χ3v) is 6.69. The van der Waals surface area contributed by atoms with Crippen molar-refractivity contribution in [2.75, 3.05) is 13.7 Å². The molecule has 6 heteroatoms. The monoisotopic (exact) mass is 458 g/mol. The molecular formula is C26H35ClN2O3. The number of pyridine rings is 1. The van der Waals surface area contributed by atoms with Gasteiger partial charge in [-0.15, -0.1) is 0 Å². The first-order valence-electron chi connectivity index (χ1n) is 11.7. The zero-order chi connectivity index (χ0) is 23.3. The Labute approximate surface area is 196 Å². The van der Waals surface area contributed by atoms with Crippen molar-refractivity contribution in [3.8, 4) is 0 Å². The molecule has 0 unspecified atom stereocenters. The predicted octanol–water partition coefficient (Wildman–Crippen LogP) is 5.10. The summed E-state index contributed by atoms with van der Waals surface area (Å²) in [7, 11) is 1.38. The minimum absolute atomic E-state index is 0.121. The summed E-state index contributed by atoms with van der Waals surface area (Å²) in [6.45, 7) is 9.09. The number of aromatic nitrogens is 1. The van der Waals surface area contributed by atoms with Crippen LogP contribution in [-0.4, -0.2) is 35.1 Å². The Kier molecular flexibility index (Phi) is 8.55. The van der Waals surface area contributed by atoms with E-state index >= 15 is 0 Å². The third kappa shape index (κ3) is 5.81. The van der Waals surface area contributed by atoms with Crippen molar-refractivity contribution in [2.45, 2.75) is 72.0 Å².